The van der Waals surface area contributed by atoms with Gasteiger partial charge in [0.05, 0.1) is 0 Å². The molecule has 0 saturated heterocycles. The summed E-state index contributed by atoms with van der Waals surface area (Å²) in [7, 11) is 0. The van der Waals surface area contributed by atoms with E-state index in [1.807, 2.05) is 0 Å². The Morgan fingerprint density at radius 2 is 2.19 bits per heavy atom. The summed E-state index contributed by atoms with van der Waals surface area (Å²) in [6, 6.07) is 5.95. The molecule has 21 heavy (non-hydrogen) atoms. The molecule has 0 atom stereocenters. The van der Waals surface area contributed by atoms with Crippen molar-refractivity contribution in [1.29, 1.82) is 0 Å². The molecule has 3 nitrogen and oxygen atoms in total. The molecule has 0 bridgehead atoms. The number of carboxylic acids is 1. The predicted molar refractivity (Wildman–Crippen MR) is 78.9 cm³/mol. The minimum atomic E-state index is -2.91. The van der Waals surface area contributed by atoms with E-state index in [0.29, 0.717) is 16.3 Å². The number of hydrogen-bond donors (Lipinski definition) is 1. The summed E-state index contributed by atoms with van der Waals surface area (Å²) in [5.41, 5.74) is 0.524. The van der Waals surface area contributed by atoms with Crippen LogP contribution in [0.15, 0.2) is 34.5 Å². The van der Waals surface area contributed by atoms with E-state index in [2.05, 4.69) is 4.74 Å². The van der Waals surface area contributed by atoms with E-state index in [1.165, 1.54) is 30.0 Å². The summed E-state index contributed by atoms with van der Waals surface area (Å²) in [6.07, 6.45) is 0. The average Bonchev–Trinajstić information content (AvgIpc) is 2.87. The zero-order valence-electron chi connectivity index (χ0n) is 10.4. The second kappa shape index (κ2) is 7.11. The van der Waals surface area contributed by atoms with Crippen molar-refractivity contribution in [3.05, 3.63) is 45.1 Å². The number of hydrogen-bond acceptors (Lipinski definition) is 4. The van der Waals surface area contributed by atoms with E-state index in [4.69, 9.17) is 16.7 Å². The number of thiophene rings is 1. The van der Waals surface area contributed by atoms with Crippen molar-refractivity contribution in [3.63, 3.8) is 0 Å². The molecule has 0 aliphatic rings. The highest BCUT2D eigenvalue weighted by Crippen LogP contribution is 2.33. The van der Waals surface area contributed by atoms with Crippen molar-refractivity contribution in [2.24, 2.45) is 0 Å². The van der Waals surface area contributed by atoms with E-state index < -0.39 is 12.6 Å². The maximum atomic E-state index is 12.3. The highest BCUT2D eigenvalue weighted by Gasteiger charge is 2.12. The van der Waals surface area contributed by atoms with Gasteiger partial charge in [0.25, 0.3) is 0 Å². The molecule has 2 aromatic rings. The number of carbonyl (C=O) groups is 1. The predicted octanol–water partition coefficient (Wildman–Crippen LogP) is 4.99. The fraction of sp³-hybridized carbons (Fsp3) is 0.154. The van der Waals surface area contributed by atoms with Gasteiger partial charge >= 0.3 is 12.6 Å². The average molecular weight is 351 g/mol. The van der Waals surface area contributed by atoms with Crippen LogP contribution in [0.5, 0.6) is 5.75 Å². The molecule has 2 rings (SSSR count). The summed E-state index contributed by atoms with van der Waals surface area (Å²) in [5.74, 6) is -0.579. The van der Waals surface area contributed by atoms with Crippen LogP contribution in [0.3, 0.4) is 0 Å². The number of thioether (sulfide) groups is 1. The molecule has 1 heterocycles. The molecule has 0 aliphatic carbocycles. The molecule has 0 saturated carbocycles. The first kappa shape index (κ1) is 16.1. The van der Waals surface area contributed by atoms with Gasteiger partial charge in [-0.25, -0.2) is 4.79 Å². The van der Waals surface area contributed by atoms with Crippen LogP contribution in [0.2, 0.25) is 5.02 Å². The molecule has 1 N–H and O–H groups in total. The molecular weight excluding hydrogens is 342 g/mol. The third-order valence-electron chi connectivity index (χ3n) is 2.42. The minimum absolute atomic E-state index is 0.0654. The fourth-order valence-corrected chi connectivity index (χ4v) is 3.58. The van der Waals surface area contributed by atoms with Crippen LogP contribution in [0, 0.1) is 0 Å². The summed E-state index contributed by atoms with van der Waals surface area (Å²) < 4.78 is 29.1. The second-order valence-corrected chi connectivity index (χ2v) is 6.27. The Morgan fingerprint density at radius 1 is 1.43 bits per heavy atom. The Morgan fingerprint density at radius 3 is 2.81 bits per heavy atom. The Balaban J connectivity index is 2.10. The molecule has 0 radical (unpaired) electrons. The van der Waals surface area contributed by atoms with Gasteiger partial charge in [-0.05, 0) is 24.3 Å². The smallest absolute Gasteiger partial charge is 0.387 e. The van der Waals surface area contributed by atoms with Crippen LogP contribution in [-0.2, 0) is 5.75 Å². The van der Waals surface area contributed by atoms with E-state index in [9.17, 15) is 13.6 Å². The van der Waals surface area contributed by atoms with E-state index in [1.54, 1.807) is 11.4 Å². The Labute approximate surface area is 132 Å². The topological polar surface area (TPSA) is 46.5 Å². The summed E-state index contributed by atoms with van der Waals surface area (Å²) in [5, 5.41) is 11.0. The number of carboxylic acid groups (broad SMARTS) is 1. The highest BCUT2D eigenvalue weighted by molar-refractivity contribution is 7.98. The molecule has 1 aromatic carbocycles. The normalized spacial score (nSPS) is 10.9. The first-order valence-corrected chi connectivity index (χ1v) is 7.88. The largest absolute Gasteiger partial charge is 0.477 e. The third kappa shape index (κ3) is 4.59. The summed E-state index contributed by atoms with van der Waals surface area (Å²) >= 11 is 8.29. The third-order valence-corrected chi connectivity index (χ3v) is 4.75. The maximum Gasteiger partial charge on any atom is 0.387 e. The molecule has 0 unspecified atom stereocenters. The van der Waals surface area contributed by atoms with E-state index in [0.717, 1.165) is 16.2 Å². The maximum absolute atomic E-state index is 12.3. The van der Waals surface area contributed by atoms with Crippen molar-refractivity contribution in [2.75, 3.05) is 0 Å². The van der Waals surface area contributed by atoms with Gasteiger partial charge in [-0.3, -0.25) is 0 Å². The van der Waals surface area contributed by atoms with Crippen molar-refractivity contribution < 1.29 is 23.4 Å². The van der Waals surface area contributed by atoms with Crippen molar-refractivity contribution in [3.8, 4) is 5.75 Å². The van der Waals surface area contributed by atoms with E-state index in [-0.39, 0.29) is 10.6 Å². The second-order valence-electron chi connectivity index (χ2n) is 3.87. The molecular formula is C13H9ClF2O3S2. The zero-order valence-corrected chi connectivity index (χ0v) is 12.8. The molecule has 8 heteroatoms. The molecule has 112 valence electrons. The van der Waals surface area contributed by atoms with Crippen LogP contribution >= 0.6 is 34.7 Å². The molecule has 0 spiro atoms. The first-order chi connectivity index (χ1) is 9.95. The Kier molecular flexibility index (Phi) is 5.44. The number of rotatable bonds is 6. The number of halogens is 3. The van der Waals surface area contributed by atoms with E-state index >= 15 is 0 Å². The van der Waals surface area contributed by atoms with Gasteiger partial charge in [-0.1, -0.05) is 11.6 Å². The molecule has 0 amide bonds. The summed E-state index contributed by atoms with van der Waals surface area (Å²) in [4.78, 5) is 11.8. The van der Waals surface area contributed by atoms with Crippen LogP contribution in [0.25, 0.3) is 0 Å². The first-order valence-electron chi connectivity index (χ1n) is 5.63. The number of ether oxygens (including phenoxy) is 1. The van der Waals surface area contributed by atoms with Gasteiger partial charge in [-0.2, -0.15) is 8.78 Å². The van der Waals surface area contributed by atoms with Crippen molar-refractivity contribution in [1.82, 2.24) is 0 Å². The van der Waals surface area contributed by atoms with Gasteiger partial charge in [0.15, 0.2) is 0 Å². The highest BCUT2D eigenvalue weighted by atomic mass is 35.5. The van der Waals surface area contributed by atoms with Crippen LogP contribution in [0.1, 0.15) is 15.2 Å². The standard InChI is InChI=1S/C13H9ClF2O3S2/c14-8-1-2-10(19-13(15)16)7(3-8)5-20-9-4-11(12(17)18)21-6-9/h1-4,6,13H,5H2,(H,17,18). The quantitative estimate of drug-likeness (QED) is 0.745. The number of benzene rings is 1. The summed E-state index contributed by atoms with van der Waals surface area (Å²) in [6.45, 7) is -2.91. The SMILES string of the molecule is O=C(O)c1cc(SCc2cc(Cl)ccc2OC(F)F)cs1. The van der Waals surface area contributed by atoms with Crippen LogP contribution in [0.4, 0.5) is 8.78 Å². The van der Waals surface area contributed by atoms with Gasteiger partial charge in [-0.15, -0.1) is 23.1 Å². The molecule has 0 fully saturated rings. The monoisotopic (exact) mass is 350 g/mol. The van der Waals surface area contributed by atoms with Gasteiger partial charge in [0.2, 0.25) is 0 Å². The van der Waals surface area contributed by atoms with Crippen LogP contribution in [-0.4, -0.2) is 17.7 Å². The van der Waals surface area contributed by atoms with Crippen molar-refractivity contribution in [2.45, 2.75) is 17.3 Å². The van der Waals surface area contributed by atoms with Gasteiger partial charge in [0.1, 0.15) is 10.6 Å². The lowest BCUT2D eigenvalue weighted by molar-refractivity contribution is -0.0503. The lowest BCUT2D eigenvalue weighted by Gasteiger charge is -2.10. The number of aromatic carboxylic acids is 1. The minimum Gasteiger partial charge on any atom is -0.477 e. The van der Waals surface area contributed by atoms with Gasteiger partial charge in [0, 0.05) is 26.6 Å². The Hall–Kier alpha value is -1.31. The van der Waals surface area contributed by atoms with Gasteiger partial charge < -0.3 is 9.84 Å². The van der Waals surface area contributed by atoms with Crippen LogP contribution < -0.4 is 4.74 Å². The molecule has 1 aromatic heterocycles. The lowest BCUT2D eigenvalue weighted by atomic mass is 10.2. The zero-order chi connectivity index (χ0) is 15.4. The fourth-order valence-electron chi connectivity index (χ4n) is 1.54. The van der Waals surface area contributed by atoms with Crippen molar-refractivity contribution >= 4 is 40.7 Å². The Bertz CT molecular complexity index is 646. The number of alkyl halides is 2. The lowest BCUT2D eigenvalue weighted by Crippen LogP contribution is -2.04. The molecule has 0 aliphatic heterocycles.